The van der Waals surface area contributed by atoms with Crippen molar-refractivity contribution in [1.29, 1.82) is 0 Å². The van der Waals surface area contributed by atoms with Crippen LogP contribution in [0.4, 0.5) is 5.82 Å². The second-order valence-electron chi connectivity index (χ2n) is 6.40. The van der Waals surface area contributed by atoms with Crippen molar-refractivity contribution in [2.75, 3.05) is 12.8 Å². The fourth-order valence-corrected chi connectivity index (χ4v) is 2.83. The summed E-state index contributed by atoms with van der Waals surface area (Å²) >= 11 is 0. The first-order chi connectivity index (χ1) is 8.46. The minimum absolute atomic E-state index is 0.540. The molecule has 0 amide bonds. The summed E-state index contributed by atoms with van der Waals surface area (Å²) in [6.45, 7) is 5.73. The molecule has 3 nitrogen and oxygen atoms in total. The predicted molar refractivity (Wildman–Crippen MR) is 76.2 cm³/mol. The van der Waals surface area contributed by atoms with Gasteiger partial charge in [-0.25, -0.2) is 4.98 Å². The Kier molecular flexibility index (Phi) is 3.91. The first-order valence-electron chi connectivity index (χ1n) is 6.87. The zero-order valence-corrected chi connectivity index (χ0v) is 11.8. The Balaban J connectivity index is 1.91. The monoisotopic (exact) mass is 247 g/mol. The third-order valence-electron chi connectivity index (χ3n) is 4.21. The van der Waals surface area contributed by atoms with Gasteiger partial charge < -0.3 is 5.73 Å². The smallest absolute Gasteiger partial charge is 0.123 e. The number of pyridine rings is 1. The van der Waals surface area contributed by atoms with Gasteiger partial charge in [0, 0.05) is 18.8 Å². The zero-order valence-electron chi connectivity index (χ0n) is 11.8. The molecule has 100 valence electrons. The second-order valence-corrected chi connectivity index (χ2v) is 6.40. The van der Waals surface area contributed by atoms with Crippen molar-refractivity contribution in [3.8, 4) is 0 Å². The summed E-state index contributed by atoms with van der Waals surface area (Å²) in [5, 5.41) is 0. The molecule has 1 aromatic heterocycles. The van der Waals surface area contributed by atoms with E-state index in [1.54, 1.807) is 6.20 Å². The molecule has 2 N–H and O–H groups in total. The molecule has 1 aliphatic carbocycles. The summed E-state index contributed by atoms with van der Waals surface area (Å²) in [7, 11) is 2.22. The van der Waals surface area contributed by atoms with Crippen LogP contribution >= 0.6 is 0 Å². The van der Waals surface area contributed by atoms with Gasteiger partial charge in [-0.3, -0.25) is 4.90 Å². The van der Waals surface area contributed by atoms with E-state index < -0.39 is 0 Å². The van der Waals surface area contributed by atoms with Gasteiger partial charge in [-0.1, -0.05) is 13.8 Å². The standard InChI is InChI=1S/C15H25N3/c1-15(2)7-4-13(5-8-15)18(3)11-12-6-9-17-14(16)10-12/h6,9-10,13H,4-5,7-8,11H2,1-3H3,(H2,16,17). The normalized spacial score (nSPS) is 20.2. The van der Waals surface area contributed by atoms with Crippen molar-refractivity contribution in [3.05, 3.63) is 23.9 Å². The molecule has 1 heterocycles. The second kappa shape index (κ2) is 5.27. The molecule has 0 aromatic carbocycles. The number of nitrogens with zero attached hydrogens (tertiary/aromatic N) is 2. The van der Waals surface area contributed by atoms with Gasteiger partial charge in [-0.15, -0.1) is 0 Å². The van der Waals surface area contributed by atoms with Crippen LogP contribution in [0.5, 0.6) is 0 Å². The van der Waals surface area contributed by atoms with Gasteiger partial charge in [-0.2, -0.15) is 0 Å². The van der Waals surface area contributed by atoms with Gasteiger partial charge in [0.1, 0.15) is 5.82 Å². The van der Waals surface area contributed by atoms with Crippen LogP contribution in [0.1, 0.15) is 45.1 Å². The van der Waals surface area contributed by atoms with Crippen molar-refractivity contribution >= 4 is 5.82 Å². The molecule has 0 aliphatic heterocycles. The zero-order chi connectivity index (χ0) is 13.2. The van der Waals surface area contributed by atoms with Crippen molar-refractivity contribution in [3.63, 3.8) is 0 Å². The highest BCUT2D eigenvalue weighted by Crippen LogP contribution is 2.36. The Morgan fingerprint density at radius 3 is 2.67 bits per heavy atom. The number of rotatable bonds is 3. The maximum atomic E-state index is 5.72. The van der Waals surface area contributed by atoms with E-state index in [9.17, 15) is 0 Å². The Labute approximate surface area is 110 Å². The molecule has 1 aliphatic rings. The van der Waals surface area contributed by atoms with E-state index in [-0.39, 0.29) is 0 Å². The lowest BCUT2D eigenvalue weighted by Gasteiger charge is -2.38. The molecule has 2 rings (SSSR count). The maximum absolute atomic E-state index is 5.72. The average Bonchev–Trinajstić information content (AvgIpc) is 2.28. The lowest BCUT2D eigenvalue weighted by molar-refractivity contribution is 0.123. The third-order valence-corrected chi connectivity index (χ3v) is 4.21. The number of hydrogen-bond donors (Lipinski definition) is 1. The highest BCUT2D eigenvalue weighted by atomic mass is 15.1. The molecule has 0 bridgehead atoms. The summed E-state index contributed by atoms with van der Waals surface area (Å²) in [5.74, 6) is 0.616. The fraction of sp³-hybridized carbons (Fsp3) is 0.667. The highest BCUT2D eigenvalue weighted by molar-refractivity contribution is 5.31. The van der Waals surface area contributed by atoms with E-state index in [1.165, 1.54) is 31.2 Å². The molecule has 18 heavy (non-hydrogen) atoms. The highest BCUT2D eigenvalue weighted by Gasteiger charge is 2.28. The first-order valence-corrected chi connectivity index (χ1v) is 6.87. The first kappa shape index (κ1) is 13.3. The van der Waals surface area contributed by atoms with Crippen molar-refractivity contribution in [2.45, 2.75) is 52.1 Å². The SMILES string of the molecule is CN(Cc1ccnc(N)c1)C1CCC(C)(C)CC1. The molecule has 0 saturated heterocycles. The van der Waals surface area contributed by atoms with Gasteiger partial charge in [0.05, 0.1) is 0 Å². The third kappa shape index (κ3) is 3.45. The summed E-state index contributed by atoms with van der Waals surface area (Å²) < 4.78 is 0. The molecule has 1 aromatic rings. The summed E-state index contributed by atoms with van der Waals surface area (Å²) in [5.41, 5.74) is 7.52. The van der Waals surface area contributed by atoms with E-state index in [4.69, 9.17) is 5.73 Å². The van der Waals surface area contributed by atoms with Crippen LogP contribution in [-0.2, 0) is 6.54 Å². The Bertz CT molecular complexity index is 390. The van der Waals surface area contributed by atoms with E-state index in [2.05, 4.69) is 36.8 Å². The van der Waals surface area contributed by atoms with Crippen LogP contribution in [0.25, 0.3) is 0 Å². The lowest BCUT2D eigenvalue weighted by atomic mass is 9.75. The number of anilines is 1. The number of nitrogen functional groups attached to an aromatic ring is 1. The summed E-state index contributed by atoms with van der Waals surface area (Å²) in [6.07, 6.45) is 7.08. The van der Waals surface area contributed by atoms with Crippen LogP contribution < -0.4 is 5.73 Å². The van der Waals surface area contributed by atoms with Crippen molar-refractivity contribution in [2.24, 2.45) is 5.41 Å². The fourth-order valence-electron chi connectivity index (χ4n) is 2.83. The molecule has 0 unspecified atom stereocenters. The molecule has 3 heteroatoms. The number of nitrogens with two attached hydrogens (primary N) is 1. The molecule has 1 fully saturated rings. The van der Waals surface area contributed by atoms with Crippen LogP contribution in [0.3, 0.4) is 0 Å². The van der Waals surface area contributed by atoms with Gasteiger partial charge >= 0.3 is 0 Å². The van der Waals surface area contributed by atoms with E-state index in [1.807, 2.05) is 6.07 Å². The molecule has 1 saturated carbocycles. The number of hydrogen-bond acceptors (Lipinski definition) is 3. The summed E-state index contributed by atoms with van der Waals surface area (Å²) in [4.78, 5) is 6.50. The Morgan fingerprint density at radius 1 is 1.39 bits per heavy atom. The van der Waals surface area contributed by atoms with E-state index in [0.717, 1.165) is 6.54 Å². The van der Waals surface area contributed by atoms with E-state index >= 15 is 0 Å². The molecular weight excluding hydrogens is 222 g/mol. The van der Waals surface area contributed by atoms with Gasteiger partial charge in [0.15, 0.2) is 0 Å². The van der Waals surface area contributed by atoms with Gasteiger partial charge in [0.25, 0.3) is 0 Å². The minimum Gasteiger partial charge on any atom is -0.384 e. The van der Waals surface area contributed by atoms with Crippen LogP contribution in [0.2, 0.25) is 0 Å². The van der Waals surface area contributed by atoms with Crippen molar-refractivity contribution < 1.29 is 0 Å². The van der Waals surface area contributed by atoms with Crippen LogP contribution in [-0.4, -0.2) is 23.0 Å². The predicted octanol–water partition coefficient (Wildman–Crippen LogP) is 3.06. The largest absolute Gasteiger partial charge is 0.384 e. The van der Waals surface area contributed by atoms with Crippen LogP contribution in [0, 0.1) is 5.41 Å². The van der Waals surface area contributed by atoms with Crippen LogP contribution in [0.15, 0.2) is 18.3 Å². The van der Waals surface area contributed by atoms with Gasteiger partial charge in [0.2, 0.25) is 0 Å². The molecule has 0 radical (unpaired) electrons. The van der Waals surface area contributed by atoms with Crippen molar-refractivity contribution in [1.82, 2.24) is 9.88 Å². The minimum atomic E-state index is 0.540. The molecule has 0 atom stereocenters. The Hall–Kier alpha value is -1.09. The number of aromatic nitrogens is 1. The summed E-state index contributed by atoms with van der Waals surface area (Å²) in [6, 6.07) is 4.75. The average molecular weight is 247 g/mol. The Morgan fingerprint density at radius 2 is 2.06 bits per heavy atom. The van der Waals surface area contributed by atoms with Gasteiger partial charge in [-0.05, 0) is 55.8 Å². The quantitative estimate of drug-likeness (QED) is 0.892. The molecular formula is C15H25N3. The topological polar surface area (TPSA) is 42.2 Å². The molecule has 0 spiro atoms. The van der Waals surface area contributed by atoms with E-state index in [0.29, 0.717) is 17.3 Å². The lowest BCUT2D eigenvalue weighted by Crippen LogP contribution is -2.36. The maximum Gasteiger partial charge on any atom is 0.123 e.